The molecule has 1 aliphatic rings. The fourth-order valence-electron chi connectivity index (χ4n) is 2.31. The molecule has 1 unspecified atom stereocenters. The molecule has 1 aliphatic heterocycles. The van der Waals surface area contributed by atoms with E-state index < -0.39 is 0 Å². The summed E-state index contributed by atoms with van der Waals surface area (Å²) >= 11 is 0. The average molecular weight is 268 g/mol. The highest BCUT2D eigenvalue weighted by Crippen LogP contribution is 2.37. The zero-order chi connectivity index (χ0) is 13.9. The second-order valence-electron chi connectivity index (χ2n) is 4.54. The molecule has 0 saturated carbocycles. The maximum atomic E-state index is 6.03. The second-order valence-corrected chi connectivity index (χ2v) is 4.54. The molecule has 3 rings (SSSR count). The lowest BCUT2D eigenvalue weighted by Crippen LogP contribution is -2.12. The smallest absolute Gasteiger partial charge is 0.146 e. The molecule has 1 heterocycles. The Morgan fingerprint density at radius 2 is 1.65 bits per heavy atom. The zero-order valence-electron chi connectivity index (χ0n) is 11.5. The Kier molecular flexibility index (Phi) is 3.33. The molecule has 0 bridgehead atoms. The van der Waals surface area contributed by atoms with Crippen molar-refractivity contribution in [3.8, 4) is 11.5 Å². The number of rotatable bonds is 3. The van der Waals surface area contributed by atoms with Crippen molar-refractivity contribution >= 4 is 5.76 Å². The molecule has 102 valence electrons. The van der Waals surface area contributed by atoms with E-state index in [0.29, 0.717) is 0 Å². The molecule has 3 heteroatoms. The summed E-state index contributed by atoms with van der Waals surface area (Å²) in [6.07, 6.45) is 1.84. The Hall–Kier alpha value is -2.42. The van der Waals surface area contributed by atoms with Gasteiger partial charge in [-0.2, -0.15) is 0 Å². The van der Waals surface area contributed by atoms with Crippen LogP contribution in [-0.4, -0.2) is 14.2 Å². The van der Waals surface area contributed by atoms with Gasteiger partial charge < -0.3 is 14.2 Å². The molecule has 0 aromatic heterocycles. The molecule has 0 N–H and O–H groups in total. The van der Waals surface area contributed by atoms with Gasteiger partial charge in [-0.15, -0.1) is 0 Å². The first-order chi connectivity index (χ1) is 9.81. The Labute approximate surface area is 118 Å². The highest BCUT2D eigenvalue weighted by atomic mass is 16.5. The molecule has 1 atom stereocenters. The maximum absolute atomic E-state index is 6.03. The van der Waals surface area contributed by atoms with Crippen molar-refractivity contribution in [2.45, 2.75) is 6.10 Å². The van der Waals surface area contributed by atoms with E-state index in [1.807, 2.05) is 54.6 Å². The van der Waals surface area contributed by atoms with Crippen molar-refractivity contribution in [2.75, 3.05) is 14.2 Å². The van der Waals surface area contributed by atoms with Crippen LogP contribution in [0.2, 0.25) is 0 Å². The molecule has 0 radical (unpaired) electrons. The van der Waals surface area contributed by atoms with E-state index >= 15 is 0 Å². The molecular formula is C17H16O3. The van der Waals surface area contributed by atoms with Gasteiger partial charge in [0.15, 0.2) is 0 Å². The van der Waals surface area contributed by atoms with E-state index in [0.717, 1.165) is 28.4 Å². The highest BCUT2D eigenvalue weighted by Gasteiger charge is 2.22. The number of hydrogen-bond donors (Lipinski definition) is 0. The summed E-state index contributed by atoms with van der Waals surface area (Å²) in [6, 6.07) is 15.7. The van der Waals surface area contributed by atoms with Crippen LogP contribution in [0.15, 0.2) is 54.6 Å². The Bertz CT molecular complexity index is 629. The van der Waals surface area contributed by atoms with Crippen LogP contribution in [0, 0.1) is 0 Å². The van der Waals surface area contributed by atoms with Gasteiger partial charge in [-0.1, -0.05) is 24.3 Å². The Balaban J connectivity index is 1.96. The number of benzene rings is 2. The van der Waals surface area contributed by atoms with E-state index in [9.17, 15) is 0 Å². The van der Waals surface area contributed by atoms with Gasteiger partial charge in [0.1, 0.15) is 23.4 Å². The summed E-state index contributed by atoms with van der Waals surface area (Å²) in [5.41, 5.74) is 2.05. The maximum Gasteiger partial charge on any atom is 0.146 e. The molecule has 20 heavy (non-hydrogen) atoms. The minimum Gasteiger partial charge on any atom is -0.497 e. The number of methoxy groups -OCH3 is 2. The summed E-state index contributed by atoms with van der Waals surface area (Å²) < 4.78 is 16.7. The minimum atomic E-state index is -0.147. The summed E-state index contributed by atoms with van der Waals surface area (Å²) in [6.45, 7) is 0. The average Bonchev–Trinajstić information content (AvgIpc) is 2.54. The van der Waals surface area contributed by atoms with Crippen LogP contribution in [0.1, 0.15) is 17.2 Å². The highest BCUT2D eigenvalue weighted by molar-refractivity contribution is 5.68. The molecule has 2 aromatic carbocycles. The van der Waals surface area contributed by atoms with Gasteiger partial charge in [0.25, 0.3) is 0 Å². The third-order valence-corrected chi connectivity index (χ3v) is 3.37. The van der Waals surface area contributed by atoms with Crippen LogP contribution < -0.4 is 9.47 Å². The topological polar surface area (TPSA) is 27.7 Å². The lowest BCUT2D eigenvalue weighted by Gasteiger charge is -2.25. The minimum absolute atomic E-state index is 0.147. The van der Waals surface area contributed by atoms with Gasteiger partial charge in [-0.25, -0.2) is 0 Å². The van der Waals surface area contributed by atoms with Gasteiger partial charge in [0.2, 0.25) is 0 Å². The fourth-order valence-corrected chi connectivity index (χ4v) is 2.31. The molecule has 0 amide bonds. The second kappa shape index (κ2) is 5.29. The Morgan fingerprint density at radius 3 is 2.35 bits per heavy atom. The molecular weight excluding hydrogens is 252 g/mol. The molecule has 2 aromatic rings. The largest absolute Gasteiger partial charge is 0.497 e. The van der Waals surface area contributed by atoms with Gasteiger partial charge >= 0.3 is 0 Å². The molecule has 0 fully saturated rings. The van der Waals surface area contributed by atoms with E-state index in [2.05, 4.69) is 0 Å². The van der Waals surface area contributed by atoms with Gasteiger partial charge in [0, 0.05) is 6.08 Å². The van der Waals surface area contributed by atoms with Crippen molar-refractivity contribution in [3.63, 3.8) is 0 Å². The Morgan fingerprint density at radius 1 is 0.900 bits per heavy atom. The number of fused-ring (bicyclic) bond motifs is 1. The lowest BCUT2D eigenvalue weighted by atomic mass is 10.0. The first-order valence-electron chi connectivity index (χ1n) is 6.47. The number of hydrogen-bond acceptors (Lipinski definition) is 3. The first kappa shape index (κ1) is 12.6. The summed E-state index contributed by atoms with van der Waals surface area (Å²) in [5, 5.41) is 0. The first-order valence-corrected chi connectivity index (χ1v) is 6.47. The molecule has 3 nitrogen and oxygen atoms in total. The number of para-hydroxylation sites is 1. The van der Waals surface area contributed by atoms with Crippen molar-refractivity contribution in [3.05, 3.63) is 65.7 Å². The van der Waals surface area contributed by atoms with Crippen LogP contribution in [0.4, 0.5) is 0 Å². The lowest BCUT2D eigenvalue weighted by molar-refractivity contribution is 0.238. The normalized spacial score (nSPS) is 16.7. The van der Waals surface area contributed by atoms with E-state index in [1.54, 1.807) is 14.2 Å². The zero-order valence-corrected chi connectivity index (χ0v) is 11.5. The van der Waals surface area contributed by atoms with Crippen LogP contribution >= 0.6 is 0 Å². The summed E-state index contributed by atoms with van der Waals surface area (Å²) in [7, 11) is 3.34. The van der Waals surface area contributed by atoms with Crippen LogP contribution in [-0.2, 0) is 4.74 Å². The van der Waals surface area contributed by atoms with Crippen molar-refractivity contribution < 1.29 is 14.2 Å². The van der Waals surface area contributed by atoms with Gasteiger partial charge in [-0.05, 0) is 29.8 Å². The third kappa shape index (κ3) is 2.23. The van der Waals surface area contributed by atoms with Crippen molar-refractivity contribution in [1.29, 1.82) is 0 Å². The van der Waals surface area contributed by atoms with Crippen LogP contribution in [0.3, 0.4) is 0 Å². The quantitative estimate of drug-likeness (QED) is 0.847. The third-order valence-electron chi connectivity index (χ3n) is 3.37. The van der Waals surface area contributed by atoms with Gasteiger partial charge in [-0.3, -0.25) is 0 Å². The monoisotopic (exact) mass is 268 g/mol. The van der Waals surface area contributed by atoms with Gasteiger partial charge in [0.05, 0.1) is 19.8 Å². The van der Waals surface area contributed by atoms with Crippen molar-refractivity contribution in [1.82, 2.24) is 0 Å². The molecule has 0 spiro atoms. The van der Waals surface area contributed by atoms with E-state index in [4.69, 9.17) is 14.2 Å². The summed E-state index contributed by atoms with van der Waals surface area (Å²) in [5.74, 6) is 2.52. The van der Waals surface area contributed by atoms with Crippen molar-refractivity contribution in [2.24, 2.45) is 0 Å². The van der Waals surface area contributed by atoms with E-state index in [1.165, 1.54) is 0 Å². The summed E-state index contributed by atoms with van der Waals surface area (Å²) in [4.78, 5) is 0. The number of ether oxygens (including phenoxy) is 3. The fraction of sp³-hybridized carbons (Fsp3) is 0.176. The van der Waals surface area contributed by atoms with Crippen LogP contribution in [0.5, 0.6) is 11.5 Å². The SMILES string of the molecule is COC1=CC(c2ccc(OC)cc2)Oc2ccccc21. The van der Waals surface area contributed by atoms with Crippen LogP contribution in [0.25, 0.3) is 5.76 Å². The standard InChI is InChI=1S/C17H16O3/c1-18-13-9-7-12(8-10-13)16-11-17(19-2)14-5-3-4-6-15(14)20-16/h3-11,16H,1-2H3. The predicted octanol–water partition coefficient (Wildman–Crippen LogP) is 3.82. The molecule has 0 saturated heterocycles. The van der Waals surface area contributed by atoms with E-state index in [-0.39, 0.29) is 6.10 Å². The predicted molar refractivity (Wildman–Crippen MR) is 77.8 cm³/mol. The molecule has 0 aliphatic carbocycles.